The number of hydrogen-bond acceptors (Lipinski definition) is 6. The second kappa shape index (κ2) is 6.91. The third kappa shape index (κ3) is 2.83. The molecule has 1 aromatic carbocycles. The minimum absolute atomic E-state index is 0.0622. The van der Waals surface area contributed by atoms with E-state index in [9.17, 15) is 23.3 Å². The van der Waals surface area contributed by atoms with Gasteiger partial charge in [-0.1, -0.05) is 29.4 Å². The van der Waals surface area contributed by atoms with Gasteiger partial charge in [0, 0.05) is 6.08 Å². The van der Waals surface area contributed by atoms with Gasteiger partial charge in [-0.2, -0.15) is 5.26 Å². The van der Waals surface area contributed by atoms with Gasteiger partial charge in [0.2, 0.25) is 0 Å². The summed E-state index contributed by atoms with van der Waals surface area (Å²) in [6, 6.07) is 6.59. The Labute approximate surface area is 163 Å². The minimum Gasteiger partial charge on any atom is -0.468 e. The van der Waals surface area contributed by atoms with Crippen molar-refractivity contribution in [3.8, 4) is 6.07 Å². The number of esters is 1. The van der Waals surface area contributed by atoms with Gasteiger partial charge in [0.15, 0.2) is 0 Å². The first kappa shape index (κ1) is 19.8. The van der Waals surface area contributed by atoms with Crippen molar-refractivity contribution in [1.82, 2.24) is 4.31 Å². The van der Waals surface area contributed by atoms with Gasteiger partial charge in [-0.3, -0.25) is 9.59 Å². The molecule has 146 valence electrons. The number of methoxy groups -OCH3 is 1. The zero-order valence-electron chi connectivity index (χ0n) is 15.8. The molecule has 8 heteroatoms. The monoisotopic (exact) mass is 400 g/mol. The lowest BCUT2D eigenvalue weighted by molar-refractivity contribution is -0.154. The van der Waals surface area contributed by atoms with Crippen molar-refractivity contribution in [2.45, 2.75) is 37.6 Å². The van der Waals surface area contributed by atoms with Crippen molar-refractivity contribution in [2.24, 2.45) is 5.41 Å². The fourth-order valence-corrected chi connectivity index (χ4v) is 5.65. The number of sulfonamides is 1. The van der Waals surface area contributed by atoms with Crippen LogP contribution in [0.25, 0.3) is 0 Å². The van der Waals surface area contributed by atoms with Crippen molar-refractivity contribution < 1.29 is 22.7 Å². The number of carbonyl (C=O) groups is 2. The van der Waals surface area contributed by atoms with Crippen LogP contribution in [0.3, 0.4) is 0 Å². The van der Waals surface area contributed by atoms with Gasteiger partial charge in [0.1, 0.15) is 16.4 Å². The molecule has 3 rings (SSSR count). The molecule has 0 N–H and O–H groups in total. The van der Waals surface area contributed by atoms with E-state index in [2.05, 4.69) is 0 Å². The molecule has 1 heterocycles. The second-order valence-corrected chi connectivity index (χ2v) is 8.85. The molecule has 1 aliphatic carbocycles. The molecule has 2 atom stereocenters. The van der Waals surface area contributed by atoms with E-state index in [0.29, 0.717) is 0 Å². The highest BCUT2D eigenvalue weighted by Crippen LogP contribution is 2.47. The molecule has 1 amide bonds. The zero-order chi connectivity index (χ0) is 20.7. The Hall–Kier alpha value is -2.92. The highest BCUT2D eigenvalue weighted by molar-refractivity contribution is 7.89. The molecule has 2 aliphatic rings. The first-order valence-electron chi connectivity index (χ1n) is 8.69. The van der Waals surface area contributed by atoms with Crippen LogP contribution < -0.4 is 0 Å². The minimum atomic E-state index is -4.37. The Morgan fingerprint density at radius 1 is 1.29 bits per heavy atom. The third-order valence-corrected chi connectivity index (χ3v) is 7.38. The Morgan fingerprint density at radius 2 is 1.96 bits per heavy atom. The average molecular weight is 400 g/mol. The first-order chi connectivity index (χ1) is 13.2. The molecule has 28 heavy (non-hydrogen) atoms. The van der Waals surface area contributed by atoms with E-state index in [0.717, 1.165) is 21.5 Å². The summed E-state index contributed by atoms with van der Waals surface area (Å²) >= 11 is 0. The fourth-order valence-electron chi connectivity index (χ4n) is 3.91. The van der Waals surface area contributed by atoms with E-state index in [4.69, 9.17) is 4.74 Å². The van der Waals surface area contributed by atoms with Crippen LogP contribution in [0.5, 0.6) is 0 Å². The summed E-state index contributed by atoms with van der Waals surface area (Å²) in [5, 5.41) is 9.32. The number of allylic oxidation sites excluding steroid dienone is 1. The van der Waals surface area contributed by atoms with E-state index in [1.807, 2.05) is 19.9 Å². The lowest BCUT2D eigenvalue weighted by atomic mass is 9.67. The van der Waals surface area contributed by atoms with E-state index < -0.39 is 33.4 Å². The number of nitriles is 1. The molecular formula is C20H20N2O5S. The zero-order valence-corrected chi connectivity index (χ0v) is 16.6. The van der Waals surface area contributed by atoms with Crippen molar-refractivity contribution in [2.75, 3.05) is 7.11 Å². The van der Waals surface area contributed by atoms with Crippen LogP contribution in [0, 0.1) is 16.7 Å². The predicted octanol–water partition coefficient (Wildman–Crippen LogP) is 2.30. The number of fused-ring (bicyclic) bond motifs is 1. The summed E-state index contributed by atoms with van der Waals surface area (Å²) < 4.78 is 32.6. The third-order valence-electron chi connectivity index (χ3n) is 5.51. The Balaban J connectivity index is 2.24. The summed E-state index contributed by atoms with van der Waals surface area (Å²) in [5.74, 6) is -1.34. The van der Waals surface area contributed by atoms with E-state index in [1.165, 1.54) is 31.4 Å². The quantitative estimate of drug-likeness (QED) is 0.570. The number of rotatable bonds is 3. The maximum absolute atomic E-state index is 13.4. The van der Waals surface area contributed by atoms with Gasteiger partial charge in [-0.15, -0.1) is 0 Å². The molecule has 0 saturated heterocycles. The van der Waals surface area contributed by atoms with E-state index >= 15 is 0 Å². The van der Waals surface area contributed by atoms with E-state index in [-0.39, 0.29) is 23.3 Å². The fraction of sp³-hybridized carbons (Fsp3) is 0.350. The summed E-state index contributed by atoms with van der Waals surface area (Å²) in [4.78, 5) is 25.2. The van der Waals surface area contributed by atoms with Crippen molar-refractivity contribution in [3.63, 3.8) is 0 Å². The number of nitrogens with zero attached hydrogens (tertiary/aromatic N) is 2. The van der Waals surface area contributed by atoms with Gasteiger partial charge in [0.05, 0.1) is 18.7 Å². The summed E-state index contributed by atoms with van der Waals surface area (Å²) in [5.41, 5.74) is 0.519. The predicted molar refractivity (Wildman–Crippen MR) is 100 cm³/mol. The van der Waals surface area contributed by atoms with Gasteiger partial charge >= 0.3 is 5.97 Å². The molecular weight excluding hydrogens is 380 g/mol. The normalized spacial score (nSPS) is 24.6. The topological polar surface area (TPSA) is 105 Å². The number of carbonyl (C=O) groups excluding carboxylic acids is 2. The van der Waals surface area contributed by atoms with Crippen LogP contribution in [0.1, 0.15) is 32.3 Å². The largest absolute Gasteiger partial charge is 0.468 e. The highest BCUT2D eigenvalue weighted by Gasteiger charge is 2.56. The Bertz CT molecular complexity index is 1060. The van der Waals surface area contributed by atoms with Gasteiger partial charge in [0.25, 0.3) is 15.9 Å². The maximum atomic E-state index is 13.4. The van der Waals surface area contributed by atoms with Crippen LogP contribution in [0.15, 0.2) is 52.5 Å². The van der Waals surface area contributed by atoms with Crippen molar-refractivity contribution >= 4 is 21.9 Å². The summed E-state index contributed by atoms with van der Waals surface area (Å²) in [7, 11) is -3.13. The number of amides is 1. The van der Waals surface area contributed by atoms with Gasteiger partial charge < -0.3 is 4.74 Å². The van der Waals surface area contributed by atoms with Crippen LogP contribution >= 0.6 is 0 Å². The summed E-state index contributed by atoms with van der Waals surface area (Å²) in [6.45, 7) is 3.73. The lowest BCUT2D eigenvalue weighted by Crippen LogP contribution is -2.59. The van der Waals surface area contributed by atoms with Crippen molar-refractivity contribution in [1.29, 1.82) is 5.26 Å². The highest BCUT2D eigenvalue weighted by atomic mass is 32.2. The average Bonchev–Trinajstić information content (AvgIpc) is 2.68. The summed E-state index contributed by atoms with van der Waals surface area (Å²) in [6.07, 6.45) is 3.04. The molecule has 0 aromatic heterocycles. The van der Waals surface area contributed by atoms with Crippen molar-refractivity contribution in [3.05, 3.63) is 53.1 Å². The molecule has 0 radical (unpaired) electrons. The van der Waals surface area contributed by atoms with Crippen LogP contribution in [0.2, 0.25) is 0 Å². The van der Waals surface area contributed by atoms with Crippen LogP contribution in [-0.2, 0) is 24.3 Å². The second-order valence-electron chi connectivity index (χ2n) is 7.07. The maximum Gasteiger partial charge on any atom is 0.318 e. The SMILES string of the molecule is COC(=O)[C@@]12C=CC(=O)N(S(=O)(=O)c3ccccc3C#N)[C@@H]1CC(C)=C(C)C2. The van der Waals surface area contributed by atoms with Crippen LogP contribution in [0.4, 0.5) is 0 Å². The Morgan fingerprint density at radius 3 is 2.61 bits per heavy atom. The standard InChI is InChI=1S/C20H20N2O5S/c1-13-10-17-20(11-14(13)2,19(24)27-3)9-8-18(23)22(17)28(25,26)16-7-5-4-6-15(16)12-21/h4-9,17H,10-11H2,1-3H3/t17-,20-/m1/s1. The number of hydrogen-bond donors (Lipinski definition) is 0. The van der Waals surface area contributed by atoms with Gasteiger partial charge in [-0.25, -0.2) is 12.7 Å². The molecule has 0 bridgehead atoms. The molecule has 0 saturated carbocycles. The van der Waals surface area contributed by atoms with E-state index in [1.54, 1.807) is 6.07 Å². The molecule has 1 aliphatic heterocycles. The molecule has 0 fully saturated rings. The smallest absolute Gasteiger partial charge is 0.318 e. The lowest BCUT2D eigenvalue weighted by Gasteiger charge is -2.47. The number of benzene rings is 1. The molecule has 1 aromatic rings. The van der Waals surface area contributed by atoms with Gasteiger partial charge in [-0.05, 0) is 38.8 Å². The van der Waals surface area contributed by atoms with Crippen LogP contribution in [-0.4, -0.2) is 37.8 Å². The molecule has 0 spiro atoms. The molecule has 7 nitrogen and oxygen atoms in total. The Kier molecular flexibility index (Phi) is 4.90. The number of ether oxygens (including phenoxy) is 1. The molecule has 0 unspecified atom stereocenters. The first-order valence-corrected chi connectivity index (χ1v) is 10.1.